The summed E-state index contributed by atoms with van der Waals surface area (Å²) in [6.07, 6.45) is 3.06. The van der Waals surface area contributed by atoms with E-state index in [1.165, 1.54) is 12.1 Å². The highest BCUT2D eigenvalue weighted by Gasteiger charge is 2.17. The van der Waals surface area contributed by atoms with Crippen LogP contribution in [0.1, 0.15) is 29.2 Å². The van der Waals surface area contributed by atoms with Gasteiger partial charge < -0.3 is 14.5 Å². The standard InChI is InChI=1S/C22H21F2NO3/c1-12(8-20(26)25-10-17-18(23)6-5-7-19(17)24)15-9-16-13(2)11-28-22(16)14(3)21(15)27-4/h5-9,11H,10H2,1-4H3,(H,25,26)/b12-8+. The van der Waals surface area contributed by atoms with Crippen LogP contribution in [0.4, 0.5) is 8.78 Å². The zero-order chi connectivity index (χ0) is 20.4. The van der Waals surface area contributed by atoms with E-state index in [0.29, 0.717) is 11.3 Å². The lowest BCUT2D eigenvalue weighted by molar-refractivity contribution is -0.116. The van der Waals surface area contributed by atoms with Crippen molar-refractivity contribution in [2.75, 3.05) is 7.11 Å². The number of carbonyl (C=O) groups is 1. The van der Waals surface area contributed by atoms with Gasteiger partial charge in [-0.1, -0.05) is 6.07 Å². The molecule has 0 fully saturated rings. The molecule has 0 aliphatic heterocycles. The topological polar surface area (TPSA) is 51.5 Å². The van der Waals surface area contributed by atoms with Crippen molar-refractivity contribution in [1.29, 1.82) is 0 Å². The van der Waals surface area contributed by atoms with Crippen LogP contribution in [0.2, 0.25) is 0 Å². The van der Waals surface area contributed by atoms with Gasteiger partial charge in [-0.3, -0.25) is 4.79 Å². The van der Waals surface area contributed by atoms with E-state index in [-0.39, 0.29) is 12.1 Å². The number of hydrogen-bond acceptors (Lipinski definition) is 3. The Hall–Kier alpha value is -3.15. The summed E-state index contributed by atoms with van der Waals surface area (Å²) in [6, 6.07) is 5.50. The van der Waals surface area contributed by atoms with Gasteiger partial charge in [-0.15, -0.1) is 0 Å². The predicted molar refractivity (Wildman–Crippen MR) is 104 cm³/mol. The van der Waals surface area contributed by atoms with Crippen LogP contribution in [0, 0.1) is 25.5 Å². The maximum absolute atomic E-state index is 13.7. The van der Waals surface area contributed by atoms with Gasteiger partial charge in [0, 0.05) is 34.7 Å². The van der Waals surface area contributed by atoms with Crippen molar-refractivity contribution in [1.82, 2.24) is 5.32 Å². The third-order valence-corrected chi connectivity index (χ3v) is 4.72. The van der Waals surface area contributed by atoms with Crippen LogP contribution in [-0.2, 0) is 11.3 Å². The van der Waals surface area contributed by atoms with Gasteiger partial charge in [0.2, 0.25) is 5.91 Å². The van der Waals surface area contributed by atoms with Crippen molar-refractivity contribution in [2.45, 2.75) is 27.3 Å². The maximum Gasteiger partial charge on any atom is 0.244 e. The number of furan rings is 1. The fourth-order valence-corrected chi connectivity index (χ4v) is 3.20. The second-order valence-electron chi connectivity index (χ2n) is 6.62. The SMILES string of the molecule is COc1c(/C(C)=C/C(=O)NCc2c(F)cccc2F)cc2c(C)coc2c1C. The molecule has 1 N–H and O–H groups in total. The van der Waals surface area contributed by atoms with Gasteiger partial charge in [0.25, 0.3) is 0 Å². The first-order valence-electron chi connectivity index (χ1n) is 8.78. The number of halogens is 2. The largest absolute Gasteiger partial charge is 0.496 e. The molecule has 0 atom stereocenters. The molecule has 0 bridgehead atoms. The summed E-state index contributed by atoms with van der Waals surface area (Å²) in [4.78, 5) is 12.3. The highest BCUT2D eigenvalue weighted by atomic mass is 19.1. The average Bonchev–Trinajstić information content (AvgIpc) is 3.02. The zero-order valence-electron chi connectivity index (χ0n) is 16.2. The van der Waals surface area contributed by atoms with E-state index in [1.807, 2.05) is 19.9 Å². The molecule has 0 saturated carbocycles. The Bertz CT molecular complexity index is 1060. The third kappa shape index (κ3) is 3.63. The summed E-state index contributed by atoms with van der Waals surface area (Å²) in [6.45, 7) is 5.37. The normalized spacial score (nSPS) is 11.7. The second kappa shape index (κ2) is 7.84. The second-order valence-corrected chi connectivity index (χ2v) is 6.62. The molecule has 4 nitrogen and oxygen atoms in total. The molecule has 2 aromatic carbocycles. The lowest BCUT2D eigenvalue weighted by Gasteiger charge is -2.13. The van der Waals surface area contributed by atoms with E-state index >= 15 is 0 Å². The zero-order valence-corrected chi connectivity index (χ0v) is 16.2. The van der Waals surface area contributed by atoms with E-state index in [4.69, 9.17) is 9.15 Å². The number of allylic oxidation sites excluding steroid dienone is 1. The van der Waals surface area contributed by atoms with Crippen LogP contribution in [0.3, 0.4) is 0 Å². The molecule has 0 aliphatic carbocycles. The molecule has 0 radical (unpaired) electrons. The molecule has 1 amide bonds. The maximum atomic E-state index is 13.7. The molecule has 28 heavy (non-hydrogen) atoms. The Labute approximate surface area is 161 Å². The quantitative estimate of drug-likeness (QED) is 0.625. The van der Waals surface area contributed by atoms with E-state index in [0.717, 1.165) is 39.8 Å². The lowest BCUT2D eigenvalue weighted by atomic mass is 9.98. The van der Waals surface area contributed by atoms with Crippen LogP contribution in [0.5, 0.6) is 5.75 Å². The molecule has 3 rings (SSSR count). The number of nitrogens with one attached hydrogen (secondary N) is 1. The van der Waals surface area contributed by atoms with Gasteiger partial charge in [-0.05, 0) is 50.1 Å². The molecule has 0 spiro atoms. The minimum absolute atomic E-state index is 0.175. The number of benzene rings is 2. The van der Waals surface area contributed by atoms with Crippen molar-refractivity contribution in [3.63, 3.8) is 0 Å². The van der Waals surface area contributed by atoms with Crippen molar-refractivity contribution in [3.8, 4) is 5.75 Å². The van der Waals surface area contributed by atoms with Crippen LogP contribution in [0.15, 0.2) is 41.0 Å². The van der Waals surface area contributed by atoms with E-state index in [9.17, 15) is 13.6 Å². The molecule has 1 heterocycles. The van der Waals surface area contributed by atoms with E-state index < -0.39 is 17.5 Å². The number of fused-ring (bicyclic) bond motifs is 1. The molecule has 0 aliphatic rings. The molecule has 0 saturated heterocycles. The molecule has 0 unspecified atom stereocenters. The summed E-state index contributed by atoms with van der Waals surface area (Å²) < 4.78 is 38.5. The molecule has 3 aromatic rings. The van der Waals surface area contributed by atoms with Gasteiger partial charge in [-0.25, -0.2) is 8.78 Å². The molecular weight excluding hydrogens is 364 g/mol. The number of hydrogen-bond donors (Lipinski definition) is 1. The van der Waals surface area contributed by atoms with Gasteiger partial charge in [0.1, 0.15) is 23.0 Å². The highest BCUT2D eigenvalue weighted by Crippen LogP contribution is 2.37. The first-order valence-corrected chi connectivity index (χ1v) is 8.78. The molecule has 6 heteroatoms. The smallest absolute Gasteiger partial charge is 0.244 e. The Kier molecular flexibility index (Phi) is 5.49. The summed E-state index contributed by atoms with van der Waals surface area (Å²) >= 11 is 0. The third-order valence-electron chi connectivity index (χ3n) is 4.72. The summed E-state index contributed by atoms with van der Waals surface area (Å²) in [5, 5.41) is 3.46. The summed E-state index contributed by atoms with van der Waals surface area (Å²) in [7, 11) is 1.56. The lowest BCUT2D eigenvalue weighted by Crippen LogP contribution is -2.22. The number of rotatable bonds is 5. The van der Waals surface area contributed by atoms with Gasteiger partial charge in [-0.2, -0.15) is 0 Å². The fraction of sp³-hybridized carbons (Fsp3) is 0.227. The van der Waals surface area contributed by atoms with E-state index in [1.54, 1.807) is 20.3 Å². The Balaban J connectivity index is 1.88. The Morgan fingerprint density at radius 3 is 2.57 bits per heavy atom. The number of aryl methyl sites for hydroxylation is 2. The van der Waals surface area contributed by atoms with Crippen molar-refractivity contribution in [2.24, 2.45) is 0 Å². The summed E-state index contributed by atoms with van der Waals surface area (Å²) in [5.74, 6) is -1.23. The molecule has 1 aromatic heterocycles. The number of methoxy groups -OCH3 is 1. The minimum atomic E-state index is -0.695. The van der Waals surface area contributed by atoms with Crippen molar-refractivity contribution < 1.29 is 22.7 Å². The van der Waals surface area contributed by atoms with Crippen molar-refractivity contribution in [3.05, 3.63) is 70.5 Å². The number of carbonyl (C=O) groups excluding carboxylic acids is 1. The molecule has 146 valence electrons. The van der Waals surface area contributed by atoms with E-state index in [2.05, 4.69) is 5.32 Å². The Morgan fingerprint density at radius 2 is 1.93 bits per heavy atom. The number of amides is 1. The first-order chi connectivity index (χ1) is 13.3. The molecular formula is C22H21F2NO3. The first kappa shape index (κ1) is 19.6. The fourth-order valence-electron chi connectivity index (χ4n) is 3.20. The van der Waals surface area contributed by atoms with Crippen LogP contribution in [-0.4, -0.2) is 13.0 Å². The minimum Gasteiger partial charge on any atom is -0.496 e. The van der Waals surface area contributed by atoms with Gasteiger partial charge >= 0.3 is 0 Å². The van der Waals surface area contributed by atoms with Crippen molar-refractivity contribution >= 4 is 22.4 Å². The number of ether oxygens (including phenoxy) is 1. The summed E-state index contributed by atoms with van der Waals surface area (Å²) in [5.41, 5.74) is 3.80. The van der Waals surface area contributed by atoms with Crippen LogP contribution in [0.25, 0.3) is 16.5 Å². The monoisotopic (exact) mass is 385 g/mol. The van der Waals surface area contributed by atoms with Crippen LogP contribution < -0.4 is 10.1 Å². The average molecular weight is 385 g/mol. The predicted octanol–water partition coefficient (Wildman–Crippen LogP) is 5.06. The van der Waals surface area contributed by atoms with Gasteiger partial charge in [0.15, 0.2) is 0 Å². The van der Waals surface area contributed by atoms with Gasteiger partial charge in [0.05, 0.1) is 13.4 Å². The van der Waals surface area contributed by atoms with Crippen LogP contribution >= 0.6 is 0 Å². The highest BCUT2D eigenvalue weighted by molar-refractivity contribution is 5.98. The Morgan fingerprint density at radius 1 is 1.25 bits per heavy atom.